The van der Waals surface area contributed by atoms with Crippen molar-refractivity contribution in [3.8, 4) is 0 Å². The van der Waals surface area contributed by atoms with Crippen LogP contribution in [0.4, 0.5) is 20.6 Å². The average molecular weight is 337 g/mol. The van der Waals surface area contributed by atoms with Gasteiger partial charge in [-0.2, -0.15) is 11.8 Å². The van der Waals surface area contributed by atoms with Crippen LogP contribution in [0.25, 0.3) is 0 Å². The summed E-state index contributed by atoms with van der Waals surface area (Å²) in [7, 11) is 0. The van der Waals surface area contributed by atoms with E-state index in [2.05, 4.69) is 4.90 Å². The Morgan fingerprint density at radius 3 is 2.65 bits per heavy atom. The summed E-state index contributed by atoms with van der Waals surface area (Å²) in [5.74, 6) is 1.86. The largest absolute Gasteiger partial charge is 0.443 e. The Labute approximate surface area is 138 Å². The molecule has 2 bridgehead atoms. The standard InChI is InChI=1S/C16H20FN3O2S/c17-14-5-10(19-7-13(6-18)22-16(19)21)3-4-15(14)20-11-1-2-12(20)9-23-8-11/h3-5,11-13H,1-2,6-9,18H2/t11?,12?,13-/m0/s1. The average Bonchev–Trinajstić information content (AvgIpc) is 3.03. The molecule has 0 aliphatic carbocycles. The van der Waals surface area contributed by atoms with Crippen LogP contribution in [0.5, 0.6) is 0 Å². The van der Waals surface area contributed by atoms with E-state index in [0.29, 0.717) is 30.0 Å². The van der Waals surface area contributed by atoms with Crippen molar-refractivity contribution in [2.24, 2.45) is 5.73 Å². The van der Waals surface area contributed by atoms with Gasteiger partial charge >= 0.3 is 6.09 Å². The fraction of sp³-hybridized carbons (Fsp3) is 0.562. The number of benzene rings is 1. The van der Waals surface area contributed by atoms with Crippen LogP contribution in [0.1, 0.15) is 12.8 Å². The first-order valence-electron chi connectivity index (χ1n) is 8.01. The highest BCUT2D eigenvalue weighted by Crippen LogP contribution is 2.40. The van der Waals surface area contributed by atoms with Gasteiger partial charge in [-0.3, -0.25) is 4.90 Å². The van der Waals surface area contributed by atoms with Gasteiger partial charge in [0.05, 0.1) is 17.9 Å². The van der Waals surface area contributed by atoms with Gasteiger partial charge < -0.3 is 15.4 Å². The smallest absolute Gasteiger partial charge is 0.414 e. The van der Waals surface area contributed by atoms with Crippen molar-refractivity contribution in [3.05, 3.63) is 24.0 Å². The van der Waals surface area contributed by atoms with Crippen molar-refractivity contribution >= 4 is 29.2 Å². The van der Waals surface area contributed by atoms with Crippen molar-refractivity contribution in [1.82, 2.24) is 0 Å². The Bertz CT molecular complexity index is 613. The molecule has 0 saturated carbocycles. The van der Waals surface area contributed by atoms with E-state index >= 15 is 0 Å². The molecule has 3 heterocycles. The van der Waals surface area contributed by atoms with Crippen LogP contribution >= 0.6 is 11.8 Å². The molecular formula is C16H20FN3O2S. The van der Waals surface area contributed by atoms with Crippen molar-refractivity contribution in [2.45, 2.75) is 31.0 Å². The molecule has 1 aromatic rings. The minimum absolute atomic E-state index is 0.268. The molecule has 23 heavy (non-hydrogen) atoms. The molecule has 4 rings (SSSR count). The molecule has 3 atom stereocenters. The number of nitrogens with two attached hydrogens (primary N) is 1. The Hall–Kier alpha value is -1.47. The number of carbonyl (C=O) groups is 1. The van der Waals surface area contributed by atoms with Crippen LogP contribution in [0.15, 0.2) is 18.2 Å². The van der Waals surface area contributed by atoms with E-state index in [4.69, 9.17) is 10.5 Å². The van der Waals surface area contributed by atoms with Gasteiger partial charge in [-0.05, 0) is 31.0 Å². The number of nitrogens with zero attached hydrogens (tertiary/aromatic N) is 2. The number of fused-ring (bicyclic) bond motifs is 2. The van der Waals surface area contributed by atoms with E-state index in [1.807, 2.05) is 11.8 Å². The van der Waals surface area contributed by atoms with E-state index in [1.165, 1.54) is 11.0 Å². The summed E-state index contributed by atoms with van der Waals surface area (Å²) in [5, 5.41) is 0. The monoisotopic (exact) mass is 337 g/mol. The van der Waals surface area contributed by atoms with Crippen molar-refractivity contribution < 1.29 is 13.9 Å². The van der Waals surface area contributed by atoms with Crippen LogP contribution < -0.4 is 15.5 Å². The summed E-state index contributed by atoms with van der Waals surface area (Å²) >= 11 is 1.96. The SMILES string of the molecule is NC[C@H]1CN(c2ccc(N3C4CCC3CSC4)c(F)c2)C(=O)O1. The molecule has 1 aromatic carbocycles. The Balaban J connectivity index is 1.59. The third kappa shape index (κ3) is 2.55. The fourth-order valence-corrected chi connectivity index (χ4v) is 5.08. The molecule has 1 amide bonds. The zero-order valence-electron chi connectivity index (χ0n) is 12.8. The van der Waals surface area contributed by atoms with E-state index < -0.39 is 6.09 Å². The number of carbonyl (C=O) groups excluding carboxylic acids is 1. The number of amides is 1. The highest BCUT2D eigenvalue weighted by Gasteiger charge is 2.38. The van der Waals surface area contributed by atoms with E-state index in [-0.39, 0.29) is 18.5 Å². The number of hydrogen-bond donors (Lipinski definition) is 1. The van der Waals surface area contributed by atoms with E-state index in [1.54, 1.807) is 12.1 Å². The van der Waals surface area contributed by atoms with Gasteiger partial charge in [-0.1, -0.05) is 0 Å². The highest BCUT2D eigenvalue weighted by atomic mass is 32.2. The van der Waals surface area contributed by atoms with Crippen molar-refractivity contribution in [2.75, 3.05) is 34.4 Å². The second-order valence-electron chi connectivity index (χ2n) is 6.32. The molecule has 0 radical (unpaired) electrons. The number of rotatable bonds is 3. The lowest BCUT2D eigenvalue weighted by Crippen LogP contribution is -2.43. The summed E-state index contributed by atoms with van der Waals surface area (Å²) < 4.78 is 19.9. The zero-order chi connectivity index (χ0) is 16.0. The quantitative estimate of drug-likeness (QED) is 0.916. The van der Waals surface area contributed by atoms with Crippen molar-refractivity contribution in [1.29, 1.82) is 0 Å². The van der Waals surface area contributed by atoms with Gasteiger partial charge in [0.2, 0.25) is 0 Å². The van der Waals surface area contributed by atoms with Crippen LogP contribution in [0.2, 0.25) is 0 Å². The minimum atomic E-state index is -0.456. The first-order chi connectivity index (χ1) is 11.2. The minimum Gasteiger partial charge on any atom is -0.443 e. The molecule has 0 aromatic heterocycles. The molecule has 7 heteroatoms. The molecule has 3 fully saturated rings. The summed E-state index contributed by atoms with van der Waals surface area (Å²) in [6.45, 7) is 0.650. The third-order valence-corrected chi connectivity index (χ3v) is 6.14. The molecule has 0 spiro atoms. The van der Waals surface area contributed by atoms with Crippen LogP contribution in [0, 0.1) is 5.82 Å². The molecule has 2 N–H and O–H groups in total. The van der Waals surface area contributed by atoms with Crippen LogP contribution in [-0.2, 0) is 4.74 Å². The lowest BCUT2D eigenvalue weighted by molar-refractivity contribution is 0.145. The normalized spacial score (nSPS) is 30.0. The number of thioether (sulfide) groups is 1. The zero-order valence-corrected chi connectivity index (χ0v) is 13.6. The van der Waals surface area contributed by atoms with Gasteiger partial charge in [0.15, 0.2) is 0 Å². The summed E-state index contributed by atoms with van der Waals surface area (Å²) in [5.41, 5.74) is 6.73. The summed E-state index contributed by atoms with van der Waals surface area (Å²) in [4.78, 5) is 15.6. The van der Waals surface area contributed by atoms with Gasteiger partial charge in [-0.15, -0.1) is 0 Å². The topological polar surface area (TPSA) is 58.8 Å². The predicted molar refractivity (Wildman–Crippen MR) is 89.7 cm³/mol. The second-order valence-corrected chi connectivity index (χ2v) is 7.39. The Morgan fingerprint density at radius 1 is 1.30 bits per heavy atom. The maximum atomic E-state index is 14.7. The summed E-state index contributed by atoms with van der Waals surface area (Å²) in [6, 6.07) is 5.90. The number of anilines is 2. The van der Waals surface area contributed by atoms with Gasteiger partial charge in [0.25, 0.3) is 0 Å². The maximum absolute atomic E-state index is 14.7. The van der Waals surface area contributed by atoms with Crippen molar-refractivity contribution in [3.63, 3.8) is 0 Å². The summed E-state index contributed by atoms with van der Waals surface area (Å²) in [6.07, 6.45) is 1.49. The molecule has 2 unspecified atom stereocenters. The van der Waals surface area contributed by atoms with Crippen LogP contribution in [-0.4, -0.2) is 48.9 Å². The molecule has 124 valence electrons. The third-order valence-electron chi connectivity index (χ3n) is 4.90. The second kappa shape index (κ2) is 5.87. The molecular weight excluding hydrogens is 317 g/mol. The Morgan fingerprint density at radius 2 is 2.04 bits per heavy atom. The predicted octanol–water partition coefficient (Wildman–Crippen LogP) is 2.19. The first-order valence-corrected chi connectivity index (χ1v) is 9.16. The maximum Gasteiger partial charge on any atom is 0.414 e. The fourth-order valence-electron chi connectivity index (χ4n) is 3.75. The number of cyclic esters (lactones) is 1. The van der Waals surface area contributed by atoms with Gasteiger partial charge in [0, 0.05) is 30.1 Å². The molecule has 3 saturated heterocycles. The lowest BCUT2D eigenvalue weighted by Gasteiger charge is -2.36. The van der Waals surface area contributed by atoms with Gasteiger partial charge in [-0.25, -0.2) is 9.18 Å². The molecule has 3 aliphatic rings. The van der Waals surface area contributed by atoms with E-state index in [0.717, 1.165) is 24.3 Å². The molecule has 3 aliphatic heterocycles. The number of hydrogen-bond acceptors (Lipinski definition) is 5. The van der Waals surface area contributed by atoms with Gasteiger partial charge in [0.1, 0.15) is 11.9 Å². The number of halogens is 1. The first kappa shape index (κ1) is 15.1. The van der Waals surface area contributed by atoms with E-state index in [9.17, 15) is 9.18 Å². The Kier molecular flexibility index (Phi) is 3.85. The molecule has 5 nitrogen and oxygen atoms in total. The van der Waals surface area contributed by atoms with Crippen LogP contribution in [0.3, 0.4) is 0 Å². The highest BCUT2D eigenvalue weighted by molar-refractivity contribution is 7.99. The lowest BCUT2D eigenvalue weighted by atomic mass is 10.2. The number of ether oxygens (including phenoxy) is 1.